The van der Waals surface area contributed by atoms with Crippen LogP contribution in [0.25, 0.3) is 0 Å². The zero-order valence-electron chi connectivity index (χ0n) is 10.7. The maximum absolute atomic E-state index is 6.04. The molecular weight excluding hydrogens is 345 g/mol. The summed E-state index contributed by atoms with van der Waals surface area (Å²) in [6.07, 6.45) is 0. The van der Waals surface area contributed by atoms with E-state index in [1.54, 1.807) is 0 Å². The maximum atomic E-state index is 6.04. The Bertz CT molecular complexity index is 599. The van der Waals surface area contributed by atoms with E-state index in [0.29, 0.717) is 10.0 Å². The van der Waals surface area contributed by atoms with Gasteiger partial charge in [-0.15, -0.1) is 0 Å². The van der Waals surface area contributed by atoms with Gasteiger partial charge in [-0.1, -0.05) is 45.2 Å². The van der Waals surface area contributed by atoms with Crippen LogP contribution in [0.4, 0.5) is 5.69 Å². The zero-order valence-corrected chi connectivity index (χ0v) is 13.8. The topological polar surface area (TPSA) is 12.0 Å². The molecule has 1 N–H and O–H groups in total. The van der Waals surface area contributed by atoms with E-state index in [2.05, 4.69) is 41.2 Å². The fourth-order valence-corrected chi connectivity index (χ4v) is 2.40. The van der Waals surface area contributed by atoms with Crippen molar-refractivity contribution in [2.45, 2.75) is 19.9 Å². The molecule has 1 nitrogen and oxygen atoms in total. The fourth-order valence-electron chi connectivity index (χ4n) is 1.85. The van der Waals surface area contributed by atoms with Crippen LogP contribution >= 0.6 is 39.1 Å². The second-order valence-electron chi connectivity index (χ2n) is 4.50. The summed E-state index contributed by atoms with van der Waals surface area (Å²) in [5.74, 6) is 0. The number of hydrogen-bond donors (Lipinski definition) is 1. The largest absolute Gasteiger partial charge is 0.379 e. The van der Waals surface area contributed by atoms with Gasteiger partial charge in [-0.25, -0.2) is 0 Å². The molecule has 0 heterocycles. The SMILES string of the molecule is Cc1cc(NC(C)c2ccc(Cl)c(Cl)c2)ccc1Br. The van der Waals surface area contributed by atoms with E-state index in [1.165, 1.54) is 5.56 Å². The Morgan fingerprint density at radius 2 is 1.79 bits per heavy atom. The van der Waals surface area contributed by atoms with E-state index in [9.17, 15) is 0 Å². The van der Waals surface area contributed by atoms with Crippen LogP contribution in [0.3, 0.4) is 0 Å². The predicted molar refractivity (Wildman–Crippen MR) is 87.4 cm³/mol. The Balaban J connectivity index is 2.17. The van der Waals surface area contributed by atoms with Crippen molar-refractivity contribution in [3.8, 4) is 0 Å². The van der Waals surface area contributed by atoms with Gasteiger partial charge < -0.3 is 5.32 Å². The molecule has 100 valence electrons. The van der Waals surface area contributed by atoms with Gasteiger partial charge >= 0.3 is 0 Å². The average Bonchev–Trinajstić information content (AvgIpc) is 2.37. The van der Waals surface area contributed by atoms with Crippen LogP contribution in [0.15, 0.2) is 40.9 Å². The molecule has 2 aromatic carbocycles. The van der Waals surface area contributed by atoms with Crippen molar-refractivity contribution < 1.29 is 0 Å². The Hall–Kier alpha value is -0.700. The van der Waals surface area contributed by atoms with Gasteiger partial charge in [0.2, 0.25) is 0 Å². The number of anilines is 1. The molecular formula is C15H14BrCl2N. The zero-order chi connectivity index (χ0) is 14.0. The van der Waals surface area contributed by atoms with Gasteiger partial charge in [0, 0.05) is 16.2 Å². The summed E-state index contributed by atoms with van der Waals surface area (Å²) in [5, 5.41) is 4.61. The normalized spacial score (nSPS) is 12.3. The van der Waals surface area contributed by atoms with Gasteiger partial charge in [0.1, 0.15) is 0 Å². The van der Waals surface area contributed by atoms with Gasteiger partial charge in [-0.2, -0.15) is 0 Å². The van der Waals surface area contributed by atoms with Crippen molar-refractivity contribution in [1.82, 2.24) is 0 Å². The van der Waals surface area contributed by atoms with Crippen LogP contribution in [0.1, 0.15) is 24.1 Å². The Labute approximate surface area is 132 Å². The lowest BCUT2D eigenvalue weighted by Gasteiger charge is -2.17. The van der Waals surface area contributed by atoms with Crippen molar-refractivity contribution in [2.75, 3.05) is 5.32 Å². The number of aryl methyl sites for hydroxylation is 1. The first kappa shape index (κ1) is 14.7. The second kappa shape index (κ2) is 6.17. The van der Waals surface area contributed by atoms with Crippen LogP contribution in [0, 0.1) is 6.92 Å². The molecule has 1 unspecified atom stereocenters. The summed E-state index contributed by atoms with van der Waals surface area (Å²) in [6, 6.07) is 12.1. The van der Waals surface area contributed by atoms with E-state index >= 15 is 0 Å². The van der Waals surface area contributed by atoms with Crippen molar-refractivity contribution in [2.24, 2.45) is 0 Å². The first-order chi connectivity index (χ1) is 8.97. The molecule has 0 radical (unpaired) electrons. The highest BCUT2D eigenvalue weighted by Gasteiger charge is 2.08. The number of halogens is 3. The van der Waals surface area contributed by atoms with E-state index in [-0.39, 0.29) is 6.04 Å². The second-order valence-corrected chi connectivity index (χ2v) is 6.17. The molecule has 0 aliphatic heterocycles. The number of benzene rings is 2. The van der Waals surface area contributed by atoms with Crippen LogP contribution in [-0.4, -0.2) is 0 Å². The van der Waals surface area contributed by atoms with Crippen molar-refractivity contribution in [3.05, 3.63) is 62.0 Å². The molecule has 19 heavy (non-hydrogen) atoms. The third-order valence-corrected chi connectivity index (χ3v) is 4.61. The average molecular weight is 359 g/mol. The lowest BCUT2D eigenvalue weighted by Crippen LogP contribution is -2.06. The van der Waals surface area contributed by atoms with Crippen LogP contribution in [-0.2, 0) is 0 Å². The molecule has 4 heteroatoms. The molecule has 0 aromatic heterocycles. The molecule has 0 aliphatic rings. The van der Waals surface area contributed by atoms with E-state index in [4.69, 9.17) is 23.2 Å². The smallest absolute Gasteiger partial charge is 0.0595 e. The molecule has 0 fully saturated rings. The summed E-state index contributed by atoms with van der Waals surface area (Å²) in [6.45, 7) is 4.16. The highest BCUT2D eigenvalue weighted by Crippen LogP contribution is 2.28. The van der Waals surface area contributed by atoms with Crippen LogP contribution in [0.2, 0.25) is 10.0 Å². The Morgan fingerprint density at radius 3 is 2.42 bits per heavy atom. The van der Waals surface area contributed by atoms with E-state index in [1.807, 2.05) is 30.3 Å². The van der Waals surface area contributed by atoms with Gasteiger partial charge in [0.25, 0.3) is 0 Å². The molecule has 1 atom stereocenters. The van der Waals surface area contributed by atoms with Gasteiger partial charge in [0.15, 0.2) is 0 Å². The summed E-state index contributed by atoms with van der Waals surface area (Å²) in [4.78, 5) is 0. The molecule has 2 aromatic rings. The van der Waals surface area contributed by atoms with Gasteiger partial charge in [0.05, 0.1) is 10.0 Å². The minimum atomic E-state index is 0.162. The fraction of sp³-hybridized carbons (Fsp3) is 0.200. The minimum Gasteiger partial charge on any atom is -0.379 e. The van der Waals surface area contributed by atoms with Gasteiger partial charge in [-0.05, 0) is 55.3 Å². The summed E-state index contributed by atoms with van der Waals surface area (Å²) in [7, 11) is 0. The monoisotopic (exact) mass is 357 g/mol. The molecule has 0 aliphatic carbocycles. The van der Waals surface area contributed by atoms with E-state index < -0.39 is 0 Å². The Kier molecular flexibility index (Phi) is 4.77. The number of nitrogens with one attached hydrogen (secondary N) is 1. The van der Waals surface area contributed by atoms with Crippen molar-refractivity contribution in [3.63, 3.8) is 0 Å². The minimum absolute atomic E-state index is 0.162. The van der Waals surface area contributed by atoms with Crippen LogP contribution in [0.5, 0.6) is 0 Å². The maximum Gasteiger partial charge on any atom is 0.0595 e. The predicted octanol–water partition coefficient (Wildman–Crippen LogP) is 6.24. The summed E-state index contributed by atoms with van der Waals surface area (Å²) >= 11 is 15.5. The van der Waals surface area contributed by atoms with Crippen LogP contribution < -0.4 is 5.32 Å². The molecule has 0 spiro atoms. The van der Waals surface area contributed by atoms with Crippen molar-refractivity contribution in [1.29, 1.82) is 0 Å². The standard InChI is InChI=1S/C15H14BrCl2N/c1-9-7-12(4-5-13(9)16)19-10(2)11-3-6-14(17)15(18)8-11/h3-8,10,19H,1-2H3. The third-order valence-electron chi connectivity index (χ3n) is 2.98. The number of rotatable bonds is 3. The first-order valence-electron chi connectivity index (χ1n) is 5.95. The Morgan fingerprint density at radius 1 is 1.05 bits per heavy atom. The molecule has 2 rings (SSSR count). The lowest BCUT2D eigenvalue weighted by atomic mass is 10.1. The van der Waals surface area contributed by atoms with Crippen molar-refractivity contribution >= 4 is 44.8 Å². The molecule has 0 bridgehead atoms. The quantitative estimate of drug-likeness (QED) is 0.684. The molecule has 0 saturated heterocycles. The highest BCUT2D eigenvalue weighted by molar-refractivity contribution is 9.10. The lowest BCUT2D eigenvalue weighted by molar-refractivity contribution is 0.884. The molecule has 0 amide bonds. The first-order valence-corrected chi connectivity index (χ1v) is 7.50. The number of hydrogen-bond acceptors (Lipinski definition) is 1. The summed E-state index contributed by atoms with van der Waals surface area (Å²) < 4.78 is 1.11. The van der Waals surface area contributed by atoms with E-state index in [0.717, 1.165) is 15.7 Å². The summed E-state index contributed by atoms with van der Waals surface area (Å²) in [5.41, 5.74) is 3.39. The highest BCUT2D eigenvalue weighted by atomic mass is 79.9. The molecule has 0 saturated carbocycles. The van der Waals surface area contributed by atoms with Gasteiger partial charge in [-0.3, -0.25) is 0 Å². The third kappa shape index (κ3) is 3.65.